The molecule has 0 radical (unpaired) electrons. The van der Waals surface area contributed by atoms with Gasteiger partial charge in [0.05, 0.1) is 17.2 Å². The van der Waals surface area contributed by atoms with Gasteiger partial charge in [0.2, 0.25) is 5.91 Å². The van der Waals surface area contributed by atoms with Crippen LogP contribution in [0.3, 0.4) is 0 Å². The van der Waals surface area contributed by atoms with Crippen molar-refractivity contribution in [3.8, 4) is 0 Å². The van der Waals surface area contributed by atoms with Gasteiger partial charge in [-0.3, -0.25) is 14.9 Å². The van der Waals surface area contributed by atoms with Crippen LogP contribution in [0.15, 0.2) is 53.4 Å². The Bertz CT molecular complexity index is 797. The van der Waals surface area contributed by atoms with Gasteiger partial charge in [0.15, 0.2) is 0 Å². The zero-order valence-electron chi connectivity index (χ0n) is 13.8. The number of carbonyl (C=O) groups excluding carboxylic acids is 1. The number of hydrogen-bond donors (Lipinski definition) is 1. The van der Waals surface area contributed by atoms with Crippen molar-refractivity contribution in [1.82, 2.24) is 0 Å². The average Bonchev–Trinajstić information content (AvgIpc) is 2.78. The Morgan fingerprint density at radius 1 is 1.32 bits per heavy atom. The maximum atomic E-state index is 12.7. The Hall–Kier alpha value is -2.54. The van der Waals surface area contributed by atoms with Gasteiger partial charge in [0.1, 0.15) is 0 Å². The molecule has 1 aliphatic heterocycles. The summed E-state index contributed by atoms with van der Waals surface area (Å²) in [7, 11) is 0. The van der Waals surface area contributed by atoms with Gasteiger partial charge in [-0.2, -0.15) is 0 Å². The number of benzene rings is 2. The number of amides is 1. The summed E-state index contributed by atoms with van der Waals surface area (Å²) in [6.45, 7) is 2.92. The van der Waals surface area contributed by atoms with Crippen LogP contribution >= 0.6 is 11.8 Å². The second-order valence-corrected chi connectivity index (χ2v) is 7.37. The first-order valence-corrected chi connectivity index (χ1v) is 8.97. The first-order chi connectivity index (χ1) is 12.0. The summed E-state index contributed by atoms with van der Waals surface area (Å²) >= 11 is 1.78. The van der Waals surface area contributed by atoms with E-state index in [0.717, 1.165) is 17.0 Å². The standard InChI is InChI=1S/C18H19N3O3S/c1-13-9-10-20(16-7-2-3-8-17(16)25-13)18(22)12-19-14-5-4-6-15(11-14)21(23)24/h2-8,11,13,19H,9-10,12H2,1H3/t13-/m1/s1. The van der Waals surface area contributed by atoms with Crippen molar-refractivity contribution in [2.24, 2.45) is 0 Å². The van der Waals surface area contributed by atoms with Crippen LogP contribution in [0.4, 0.5) is 17.1 Å². The Labute approximate surface area is 150 Å². The smallest absolute Gasteiger partial charge is 0.271 e. The summed E-state index contributed by atoms with van der Waals surface area (Å²) < 4.78 is 0. The number of carbonyl (C=O) groups is 1. The van der Waals surface area contributed by atoms with E-state index in [0.29, 0.717) is 17.5 Å². The summed E-state index contributed by atoms with van der Waals surface area (Å²) in [5.74, 6) is -0.0475. The van der Waals surface area contributed by atoms with Crippen molar-refractivity contribution in [3.63, 3.8) is 0 Å². The van der Waals surface area contributed by atoms with E-state index in [-0.39, 0.29) is 18.1 Å². The summed E-state index contributed by atoms with van der Waals surface area (Å²) in [6, 6.07) is 14.1. The lowest BCUT2D eigenvalue weighted by molar-refractivity contribution is -0.384. The van der Waals surface area contributed by atoms with E-state index in [1.807, 2.05) is 24.3 Å². The fraction of sp³-hybridized carbons (Fsp3) is 0.278. The predicted octanol–water partition coefficient (Wildman–Crippen LogP) is 3.92. The maximum Gasteiger partial charge on any atom is 0.271 e. The number of nitro benzene ring substituents is 1. The Morgan fingerprint density at radius 3 is 2.92 bits per heavy atom. The lowest BCUT2D eigenvalue weighted by Gasteiger charge is -2.23. The van der Waals surface area contributed by atoms with E-state index in [9.17, 15) is 14.9 Å². The normalized spacial score (nSPS) is 16.7. The highest BCUT2D eigenvalue weighted by Gasteiger charge is 2.23. The van der Waals surface area contributed by atoms with Crippen LogP contribution in [0.2, 0.25) is 0 Å². The van der Waals surface area contributed by atoms with Gasteiger partial charge in [0, 0.05) is 34.5 Å². The molecule has 0 unspecified atom stereocenters. The predicted molar refractivity (Wildman–Crippen MR) is 100 cm³/mol. The highest BCUT2D eigenvalue weighted by Crippen LogP contribution is 2.37. The summed E-state index contributed by atoms with van der Waals surface area (Å²) in [5.41, 5.74) is 1.50. The molecule has 130 valence electrons. The number of fused-ring (bicyclic) bond motifs is 1. The molecule has 1 N–H and O–H groups in total. The average molecular weight is 357 g/mol. The highest BCUT2D eigenvalue weighted by molar-refractivity contribution is 8.00. The van der Waals surface area contributed by atoms with Crippen LogP contribution in [0.25, 0.3) is 0 Å². The molecule has 25 heavy (non-hydrogen) atoms. The first-order valence-electron chi connectivity index (χ1n) is 8.09. The van der Waals surface area contributed by atoms with E-state index in [2.05, 4.69) is 12.2 Å². The number of non-ortho nitro benzene ring substituents is 1. The quantitative estimate of drug-likeness (QED) is 0.663. The minimum atomic E-state index is -0.448. The summed E-state index contributed by atoms with van der Waals surface area (Å²) in [6.07, 6.45) is 0.919. The van der Waals surface area contributed by atoms with Gasteiger partial charge in [-0.05, 0) is 24.6 Å². The van der Waals surface area contributed by atoms with Crippen LogP contribution in [-0.2, 0) is 4.79 Å². The van der Waals surface area contributed by atoms with Crippen LogP contribution in [-0.4, -0.2) is 29.2 Å². The monoisotopic (exact) mass is 357 g/mol. The van der Waals surface area contributed by atoms with Gasteiger partial charge in [-0.25, -0.2) is 0 Å². The summed E-state index contributed by atoms with van der Waals surface area (Å²) in [5, 5.41) is 14.3. The van der Waals surface area contributed by atoms with Crippen molar-refractivity contribution >= 4 is 34.7 Å². The molecule has 0 aromatic heterocycles. The van der Waals surface area contributed by atoms with Crippen LogP contribution in [0, 0.1) is 10.1 Å². The molecule has 1 heterocycles. The number of rotatable bonds is 4. The fourth-order valence-corrected chi connectivity index (χ4v) is 3.86. The highest BCUT2D eigenvalue weighted by atomic mass is 32.2. The topological polar surface area (TPSA) is 75.5 Å². The molecule has 0 saturated heterocycles. The molecule has 0 aliphatic carbocycles. The van der Waals surface area contributed by atoms with Crippen molar-refractivity contribution < 1.29 is 9.72 Å². The van der Waals surface area contributed by atoms with Crippen LogP contribution in [0.1, 0.15) is 13.3 Å². The number of anilines is 2. The number of nitrogens with one attached hydrogen (secondary N) is 1. The molecule has 1 aliphatic rings. The lowest BCUT2D eigenvalue weighted by atomic mass is 10.2. The van der Waals surface area contributed by atoms with Crippen LogP contribution < -0.4 is 10.2 Å². The largest absolute Gasteiger partial charge is 0.376 e. The number of thioether (sulfide) groups is 1. The van der Waals surface area contributed by atoms with Gasteiger partial charge >= 0.3 is 0 Å². The van der Waals surface area contributed by atoms with Crippen molar-refractivity contribution in [1.29, 1.82) is 0 Å². The molecule has 1 atom stereocenters. The summed E-state index contributed by atoms with van der Waals surface area (Å²) in [4.78, 5) is 26.0. The molecule has 2 aromatic carbocycles. The molecule has 6 nitrogen and oxygen atoms in total. The van der Waals surface area contributed by atoms with Gasteiger partial charge in [-0.1, -0.05) is 25.1 Å². The molecule has 0 saturated carbocycles. The zero-order chi connectivity index (χ0) is 17.8. The fourth-order valence-electron chi connectivity index (χ4n) is 2.75. The van der Waals surface area contributed by atoms with E-state index < -0.39 is 4.92 Å². The molecule has 0 bridgehead atoms. The maximum absolute atomic E-state index is 12.7. The Kier molecular flexibility index (Phi) is 5.23. The molecule has 2 aromatic rings. The zero-order valence-corrected chi connectivity index (χ0v) is 14.7. The molecule has 0 spiro atoms. The Morgan fingerprint density at radius 2 is 2.12 bits per heavy atom. The van der Waals surface area contributed by atoms with E-state index in [4.69, 9.17) is 0 Å². The molecule has 7 heteroatoms. The van der Waals surface area contributed by atoms with Gasteiger partial charge in [-0.15, -0.1) is 11.8 Å². The van der Waals surface area contributed by atoms with Gasteiger partial charge < -0.3 is 10.2 Å². The molecule has 1 amide bonds. The van der Waals surface area contributed by atoms with E-state index >= 15 is 0 Å². The number of hydrogen-bond acceptors (Lipinski definition) is 5. The van der Waals surface area contributed by atoms with E-state index in [1.165, 1.54) is 12.1 Å². The van der Waals surface area contributed by atoms with Gasteiger partial charge in [0.25, 0.3) is 5.69 Å². The molecular formula is C18H19N3O3S. The SMILES string of the molecule is C[C@@H]1CCN(C(=O)CNc2cccc([N+](=O)[O-])c2)c2ccccc2S1. The number of nitrogens with zero attached hydrogens (tertiary/aromatic N) is 2. The molecular weight excluding hydrogens is 338 g/mol. The number of nitro groups is 1. The van der Waals surface area contributed by atoms with Crippen molar-refractivity contribution in [2.75, 3.05) is 23.3 Å². The minimum absolute atomic E-state index is 0.00259. The molecule has 3 rings (SSSR count). The van der Waals surface area contributed by atoms with Crippen molar-refractivity contribution in [2.45, 2.75) is 23.5 Å². The minimum Gasteiger partial charge on any atom is -0.376 e. The Balaban J connectivity index is 1.73. The van der Waals surface area contributed by atoms with E-state index in [1.54, 1.807) is 28.8 Å². The second kappa shape index (κ2) is 7.57. The lowest BCUT2D eigenvalue weighted by Crippen LogP contribution is -2.36. The third-order valence-electron chi connectivity index (χ3n) is 4.05. The third kappa shape index (κ3) is 4.11. The third-order valence-corrected chi connectivity index (χ3v) is 5.28. The molecule has 0 fully saturated rings. The second-order valence-electron chi connectivity index (χ2n) is 5.89. The van der Waals surface area contributed by atoms with Crippen molar-refractivity contribution in [3.05, 3.63) is 58.6 Å². The van der Waals surface area contributed by atoms with Crippen LogP contribution in [0.5, 0.6) is 0 Å². The first kappa shape index (κ1) is 17.3. The number of para-hydroxylation sites is 1.